The van der Waals surface area contributed by atoms with E-state index < -0.39 is 0 Å². The van der Waals surface area contributed by atoms with E-state index >= 15 is 0 Å². The molecule has 27 heavy (non-hydrogen) atoms. The van der Waals surface area contributed by atoms with Crippen molar-refractivity contribution in [1.29, 1.82) is 0 Å². The fraction of sp³-hybridized carbons (Fsp3) is 0.500. The number of rotatable bonds is 4. The quantitative estimate of drug-likeness (QED) is 0.736. The molecule has 0 radical (unpaired) electrons. The average molecular weight is 385 g/mol. The van der Waals surface area contributed by atoms with Gasteiger partial charge in [-0.25, -0.2) is 15.0 Å². The van der Waals surface area contributed by atoms with Crippen LogP contribution in [0.15, 0.2) is 16.9 Å². The zero-order chi connectivity index (χ0) is 19.0. The van der Waals surface area contributed by atoms with Crippen molar-refractivity contribution < 1.29 is 0 Å². The number of aryl methyl sites for hydroxylation is 3. The summed E-state index contributed by atoms with van der Waals surface area (Å²) in [6, 6.07) is 3.92. The lowest BCUT2D eigenvalue weighted by atomic mass is 10.1. The first-order chi connectivity index (χ1) is 13.0. The molecule has 4 rings (SSSR count). The molecule has 1 fully saturated rings. The first kappa shape index (κ1) is 17.8. The van der Waals surface area contributed by atoms with Gasteiger partial charge in [-0.15, -0.1) is 5.10 Å². The van der Waals surface area contributed by atoms with Gasteiger partial charge in [0.15, 0.2) is 0 Å². The number of hydrogen-bond acceptors (Lipinski definition) is 8. The summed E-state index contributed by atoms with van der Waals surface area (Å²) in [7, 11) is 0. The van der Waals surface area contributed by atoms with Crippen molar-refractivity contribution >= 4 is 27.2 Å². The molecule has 4 heterocycles. The number of fused-ring (bicyclic) bond motifs is 1. The maximum absolute atomic E-state index is 12.1. The van der Waals surface area contributed by atoms with Crippen LogP contribution in [0.1, 0.15) is 37.0 Å². The van der Waals surface area contributed by atoms with Crippen LogP contribution in [0.2, 0.25) is 0 Å². The van der Waals surface area contributed by atoms with Gasteiger partial charge in [0.2, 0.25) is 10.1 Å². The SMILES string of the molecule is CCc1cc(=O)n2nc(NC3CCN(c4cc(C)nc(C)n4)CC3)sc2n1. The minimum atomic E-state index is -0.120. The van der Waals surface area contributed by atoms with Gasteiger partial charge < -0.3 is 10.2 Å². The number of nitrogens with one attached hydrogen (secondary N) is 1. The van der Waals surface area contributed by atoms with Gasteiger partial charge in [-0.2, -0.15) is 4.52 Å². The Morgan fingerprint density at radius 2 is 1.96 bits per heavy atom. The van der Waals surface area contributed by atoms with Crippen molar-refractivity contribution in [3.05, 3.63) is 39.7 Å². The highest BCUT2D eigenvalue weighted by Crippen LogP contribution is 2.23. The summed E-state index contributed by atoms with van der Waals surface area (Å²) >= 11 is 1.43. The van der Waals surface area contributed by atoms with Crippen molar-refractivity contribution in [2.24, 2.45) is 0 Å². The Morgan fingerprint density at radius 1 is 1.19 bits per heavy atom. The van der Waals surface area contributed by atoms with Gasteiger partial charge in [0.25, 0.3) is 5.56 Å². The molecule has 3 aromatic heterocycles. The lowest BCUT2D eigenvalue weighted by molar-refractivity contribution is 0.522. The number of hydrogen-bond donors (Lipinski definition) is 1. The number of anilines is 2. The fourth-order valence-corrected chi connectivity index (χ4v) is 4.28. The molecule has 0 atom stereocenters. The zero-order valence-electron chi connectivity index (χ0n) is 15.8. The molecule has 0 saturated carbocycles. The Balaban J connectivity index is 1.44. The topological polar surface area (TPSA) is 88.3 Å². The Kier molecular flexibility index (Phi) is 4.77. The molecule has 142 valence electrons. The van der Waals surface area contributed by atoms with Crippen LogP contribution in [-0.2, 0) is 6.42 Å². The number of piperidine rings is 1. The van der Waals surface area contributed by atoms with Crippen LogP contribution in [-0.4, -0.2) is 43.7 Å². The van der Waals surface area contributed by atoms with E-state index in [1.54, 1.807) is 6.07 Å². The van der Waals surface area contributed by atoms with Crippen LogP contribution < -0.4 is 15.8 Å². The summed E-state index contributed by atoms with van der Waals surface area (Å²) in [5, 5.41) is 8.63. The molecule has 0 unspecified atom stereocenters. The molecule has 0 aromatic carbocycles. The van der Waals surface area contributed by atoms with Gasteiger partial charge >= 0.3 is 0 Å². The first-order valence-electron chi connectivity index (χ1n) is 9.25. The number of aromatic nitrogens is 5. The zero-order valence-corrected chi connectivity index (χ0v) is 16.6. The van der Waals surface area contributed by atoms with E-state index in [9.17, 15) is 4.79 Å². The summed E-state index contributed by atoms with van der Waals surface area (Å²) < 4.78 is 1.38. The molecule has 1 aliphatic rings. The van der Waals surface area contributed by atoms with Gasteiger partial charge in [-0.05, 0) is 33.1 Å². The van der Waals surface area contributed by atoms with Crippen LogP contribution in [0.3, 0.4) is 0 Å². The first-order valence-corrected chi connectivity index (χ1v) is 10.1. The van der Waals surface area contributed by atoms with Crippen molar-refractivity contribution in [2.45, 2.75) is 46.1 Å². The van der Waals surface area contributed by atoms with Gasteiger partial charge in [-0.3, -0.25) is 4.79 Å². The summed E-state index contributed by atoms with van der Waals surface area (Å²) in [5.74, 6) is 1.81. The summed E-state index contributed by atoms with van der Waals surface area (Å²) in [6.07, 6.45) is 2.72. The molecule has 9 heteroatoms. The number of nitrogens with zero attached hydrogens (tertiary/aromatic N) is 6. The summed E-state index contributed by atoms with van der Waals surface area (Å²) in [6.45, 7) is 7.78. The molecule has 1 N–H and O–H groups in total. The normalized spacial score (nSPS) is 15.4. The standard InChI is InChI=1S/C18H23N7OS/c1-4-13-10-16(26)25-18(22-13)27-17(23-25)21-14-5-7-24(8-6-14)15-9-11(2)19-12(3)20-15/h9-10,14H,4-8H2,1-3H3,(H,21,23). The van der Waals surface area contributed by atoms with Crippen LogP contribution in [0.25, 0.3) is 4.96 Å². The Morgan fingerprint density at radius 3 is 2.67 bits per heavy atom. The molecule has 0 spiro atoms. The van der Waals surface area contributed by atoms with Crippen LogP contribution in [0.5, 0.6) is 0 Å². The van der Waals surface area contributed by atoms with Crippen LogP contribution in [0, 0.1) is 13.8 Å². The van der Waals surface area contributed by atoms with E-state index in [0.29, 0.717) is 11.0 Å². The third-order valence-corrected chi connectivity index (χ3v) is 5.60. The van der Waals surface area contributed by atoms with Gasteiger partial charge in [-0.1, -0.05) is 18.3 Å². The van der Waals surface area contributed by atoms with Crippen molar-refractivity contribution in [1.82, 2.24) is 24.6 Å². The lowest BCUT2D eigenvalue weighted by Crippen LogP contribution is -2.39. The third kappa shape index (κ3) is 3.78. The minimum Gasteiger partial charge on any atom is -0.357 e. The highest BCUT2D eigenvalue weighted by molar-refractivity contribution is 7.20. The second kappa shape index (κ2) is 7.22. The van der Waals surface area contributed by atoms with Crippen molar-refractivity contribution in [3.63, 3.8) is 0 Å². The molecule has 0 bridgehead atoms. The minimum absolute atomic E-state index is 0.120. The van der Waals surface area contributed by atoms with E-state index in [1.807, 2.05) is 26.8 Å². The molecule has 8 nitrogen and oxygen atoms in total. The summed E-state index contributed by atoms with van der Waals surface area (Å²) in [4.78, 5) is 28.5. The highest BCUT2D eigenvalue weighted by atomic mass is 32.1. The second-order valence-electron chi connectivity index (χ2n) is 6.86. The lowest BCUT2D eigenvalue weighted by Gasteiger charge is -2.33. The smallest absolute Gasteiger partial charge is 0.275 e. The van der Waals surface area contributed by atoms with Crippen LogP contribution in [0.4, 0.5) is 10.9 Å². The molecule has 0 amide bonds. The molecular weight excluding hydrogens is 362 g/mol. The van der Waals surface area contributed by atoms with E-state index in [0.717, 1.165) is 60.5 Å². The predicted molar refractivity (Wildman–Crippen MR) is 107 cm³/mol. The summed E-state index contributed by atoms with van der Waals surface area (Å²) in [5.41, 5.74) is 1.68. The molecule has 0 aliphatic carbocycles. The van der Waals surface area contributed by atoms with E-state index in [-0.39, 0.29) is 5.56 Å². The Labute approximate surface area is 161 Å². The maximum Gasteiger partial charge on any atom is 0.275 e. The average Bonchev–Trinajstić information content (AvgIpc) is 3.04. The van der Waals surface area contributed by atoms with Crippen LogP contribution >= 0.6 is 11.3 Å². The van der Waals surface area contributed by atoms with Gasteiger partial charge in [0.1, 0.15) is 11.6 Å². The predicted octanol–water partition coefficient (Wildman–Crippen LogP) is 2.20. The molecule has 3 aromatic rings. The fourth-order valence-electron chi connectivity index (χ4n) is 3.38. The molecule has 1 saturated heterocycles. The van der Waals surface area contributed by atoms with E-state index in [1.165, 1.54) is 15.9 Å². The van der Waals surface area contributed by atoms with Crippen molar-refractivity contribution in [3.8, 4) is 0 Å². The maximum atomic E-state index is 12.1. The van der Waals surface area contributed by atoms with E-state index in [2.05, 4.69) is 30.3 Å². The molecule has 1 aliphatic heterocycles. The Hall–Kier alpha value is -2.55. The monoisotopic (exact) mass is 385 g/mol. The highest BCUT2D eigenvalue weighted by Gasteiger charge is 2.22. The van der Waals surface area contributed by atoms with Gasteiger partial charge in [0, 0.05) is 42.7 Å². The van der Waals surface area contributed by atoms with Gasteiger partial charge in [0.05, 0.1) is 0 Å². The van der Waals surface area contributed by atoms with E-state index in [4.69, 9.17) is 0 Å². The largest absolute Gasteiger partial charge is 0.357 e. The molecular formula is C18H23N7OS. The van der Waals surface area contributed by atoms with Crippen molar-refractivity contribution in [2.75, 3.05) is 23.3 Å². The Bertz CT molecular complexity index is 1000. The second-order valence-corrected chi connectivity index (χ2v) is 7.82. The third-order valence-electron chi connectivity index (χ3n) is 4.76.